The van der Waals surface area contributed by atoms with Crippen LogP contribution in [-0.4, -0.2) is 42.0 Å². The average Bonchev–Trinajstić information content (AvgIpc) is 3.22. The lowest BCUT2D eigenvalue weighted by atomic mass is 10.1. The minimum absolute atomic E-state index is 0.194. The molecule has 2 aliphatic rings. The average molecular weight is 261 g/mol. The van der Waals surface area contributed by atoms with E-state index in [-0.39, 0.29) is 10.6 Å². The largest absolute Gasteiger partial charge is 0.369 e. The molecule has 1 saturated heterocycles. The van der Waals surface area contributed by atoms with E-state index >= 15 is 0 Å². The summed E-state index contributed by atoms with van der Waals surface area (Å²) >= 11 is 0. The number of aryl methyl sites for hydroxylation is 1. The van der Waals surface area contributed by atoms with Crippen LogP contribution in [0.1, 0.15) is 18.4 Å². The highest BCUT2D eigenvalue weighted by molar-refractivity contribution is 5.56. The zero-order valence-corrected chi connectivity index (χ0v) is 11.2. The highest BCUT2D eigenvalue weighted by Gasteiger charge is 2.31. The fourth-order valence-corrected chi connectivity index (χ4v) is 2.82. The van der Waals surface area contributed by atoms with Gasteiger partial charge in [-0.1, -0.05) is 0 Å². The van der Waals surface area contributed by atoms with Gasteiger partial charge in [0.2, 0.25) is 0 Å². The van der Waals surface area contributed by atoms with Crippen LogP contribution >= 0.6 is 0 Å². The molecule has 1 aliphatic carbocycles. The number of hydrogen-bond donors (Lipinski definition) is 0. The summed E-state index contributed by atoms with van der Waals surface area (Å²) in [6.07, 6.45) is 2.69. The molecule has 0 aromatic heterocycles. The predicted molar refractivity (Wildman–Crippen MR) is 74.6 cm³/mol. The first-order chi connectivity index (χ1) is 9.13. The molecule has 0 radical (unpaired) electrons. The Hall–Kier alpha value is -1.62. The Balaban J connectivity index is 1.73. The van der Waals surface area contributed by atoms with Gasteiger partial charge in [0, 0.05) is 50.0 Å². The van der Waals surface area contributed by atoms with Crippen LogP contribution in [0.25, 0.3) is 0 Å². The second-order valence-corrected chi connectivity index (χ2v) is 5.54. The van der Waals surface area contributed by atoms with Crippen LogP contribution in [0.2, 0.25) is 0 Å². The predicted octanol–water partition coefficient (Wildman–Crippen LogP) is 2.19. The summed E-state index contributed by atoms with van der Waals surface area (Å²) in [7, 11) is 0. The minimum Gasteiger partial charge on any atom is -0.369 e. The highest BCUT2D eigenvalue weighted by atomic mass is 16.6. The molecule has 0 unspecified atom stereocenters. The summed E-state index contributed by atoms with van der Waals surface area (Å²) in [5.41, 5.74) is 2.13. The summed E-state index contributed by atoms with van der Waals surface area (Å²) in [5, 5.41) is 10.9. The topological polar surface area (TPSA) is 49.6 Å². The third-order valence-corrected chi connectivity index (χ3v) is 4.00. The first-order valence-electron chi connectivity index (χ1n) is 6.88. The van der Waals surface area contributed by atoms with Crippen molar-refractivity contribution in [2.75, 3.05) is 31.1 Å². The molecule has 1 aromatic rings. The number of non-ortho nitro benzene ring substituents is 1. The van der Waals surface area contributed by atoms with E-state index in [2.05, 4.69) is 9.80 Å². The monoisotopic (exact) mass is 261 g/mol. The van der Waals surface area contributed by atoms with E-state index in [1.54, 1.807) is 12.1 Å². The lowest BCUT2D eigenvalue weighted by Crippen LogP contribution is -2.47. The molecular weight excluding hydrogens is 242 g/mol. The Kier molecular flexibility index (Phi) is 3.14. The van der Waals surface area contributed by atoms with Gasteiger partial charge in [0.05, 0.1) is 4.92 Å². The van der Waals surface area contributed by atoms with Gasteiger partial charge in [-0.2, -0.15) is 0 Å². The van der Waals surface area contributed by atoms with Crippen molar-refractivity contribution in [3.63, 3.8) is 0 Å². The lowest BCUT2D eigenvalue weighted by molar-refractivity contribution is -0.384. The van der Waals surface area contributed by atoms with Crippen LogP contribution in [0.3, 0.4) is 0 Å². The van der Waals surface area contributed by atoms with Crippen molar-refractivity contribution >= 4 is 11.4 Å². The number of nitro benzene ring substituents is 1. The zero-order chi connectivity index (χ0) is 13.4. The molecule has 1 heterocycles. The van der Waals surface area contributed by atoms with Crippen molar-refractivity contribution in [1.82, 2.24) is 4.90 Å². The standard InChI is InChI=1S/C14H19N3O2/c1-11-8-13(10-14(9-11)17(18)19)16-6-4-15(5-7-16)12-2-3-12/h8-10,12H,2-7H2,1H3. The number of piperazine rings is 1. The normalized spacial score (nSPS) is 20.6. The van der Waals surface area contributed by atoms with Crippen molar-refractivity contribution < 1.29 is 4.92 Å². The van der Waals surface area contributed by atoms with Gasteiger partial charge in [-0.3, -0.25) is 15.0 Å². The van der Waals surface area contributed by atoms with Gasteiger partial charge < -0.3 is 4.90 Å². The third kappa shape index (κ3) is 2.71. The van der Waals surface area contributed by atoms with E-state index in [9.17, 15) is 10.1 Å². The number of nitrogens with zero attached hydrogens (tertiary/aromatic N) is 3. The van der Waals surface area contributed by atoms with Crippen LogP contribution in [-0.2, 0) is 0 Å². The van der Waals surface area contributed by atoms with Gasteiger partial charge in [-0.25, -0.2) is 0 Å². The molecule has 3 rings (SSSR count). The van der Waals surface area contributed by atoms with Crippen LogP contribution in [0, 0.1) is 17.0 Å². The van der Waals surface area contributed by atoms with Gasteiger partial charge in [-0.05, 0) is 31.4 Å². The fourth-order valence-electron chi connectivity index (χ4n) is 2.82. The molecule has 0 atom stereocenters. The van der Waals surface area contributed by atoms with E-state index in [1.165, 1.54) is 12.8 Å². The van der Waals surface area contributed by atoms with Crippen molar-refractivity contribution in [3.05, 3.63) is 33.9 Å². The van der Waals surface area contributed by atoms with Crippen LogP contribution in [0.4, 0.5) is 11.4 Å². The maximum atomic E-state index is 10.9. The maximum Gasteiger partial charge on any atom is 0.271 e. The Morgan fingerprint density at radius 3 is 2.42 bits per heavy atom. The van der Waals surface area contributed by atoms with E-state index in [4.69, 9.17) is 0 Å². The first kappa shape index (κ1) is 12.4. The molecule has 5 heteroatoms. The summed E-state index contributed by atoms with van der Waals surface area (Å²) in [6.45, 7) is 6.00. The molecule has 1 saturated carbocycles. The van der Waals surface area contributed by atoms with Crippen LogP contribution < -0.4 is 4.90 Å². The molecule has 1 aliphatic heterocycles. The van der Waals surface area contributed by atoms with E-state index in [0.717, 1.165) is 43.5 Å². The van der Waals surface area contributed by atoms with Gasteiger partial charge in [0.25, 0.3) is 5.69 Å². The molecule has 0 amide bonds. The summed E-state index contributed by atoms with van der Waals surface area (Å²) in [4.78, 5) is 15.4. The second-order valence-electron chi connectivity index (χ2n) is 5.54. The van der Waals surface area contributed by atoms with Crippen LogP contribution in [0.5, 0.6) is 0 Å². The Bertz CT molecular complexity index is 491. The molecule has 1 aromatic carbocycles. The zero-order valence-electron chi connectivity index (χ0n) is 11.2. The van der Waals surface area contributed by atoms with Gasteiger partial charge >= 0.3 is 0 Å². The molecule has 102 valence electrons. The molecule has 0 spiro atoms. The second kappa shape index (κ2) is 4.81. The Labute approximate surface area is 113 Å². The van der Waals surface area contributed by atoms with E-state index < -0.39 is 0 Å². The lowest BCUT2D eigenvalue weighted by Gasteiger charge is -2.36. The van der Waals surface area contributed by atoms with Gasteiger partial charge in [0.15, 0.2) is 0 Å². The number of nitro groups is 1. The number of hydrogen-bond acceptors (Lipinski definition) is 4. The van der Waals surface area contributed by atoms with Crippen molar-refractivity contribution in [3.8, 4) is 0 Å². The quantitative estimate of drug-likeness (QED) is 0.618. The smallest absolute Gasteiger partial charge is 0.271 e. The molecule has 0 bridgehead atoms. The summed E-state index contributed by atoms with van der Waals surface area (Å²) in [5.74, 6) is 0. The van der Waals surface area contributed by atoms with E-state index in [1.807, 2.05) is 13.0 Å². The first-order valence-corrected chi connectivity index (χ1v) is 6.88. The number of rotatable bonds is 3. The molecule has 2 fully saturated rings. The van der Waals surface area contributed by atoms with Crippen molar-refractivity contribution in [2.24, 2.45) is 0 Å². The molecular formula is C14H19N3O2. The summed E-state index contributed by atoms with van der Waals surface area (Å²) < 4.78 is 0. The Morgan fingerprint density at radius 1 is 1.16 bits per heavy atom. The summed E-state index contributed by atoms with van der Waals surface area (Å²) in [6, 6.07) is 6.18. The fraction of sp³-hybridized carbons (Fsp3) is 0.571. The number of anilines is 1. The third-order valence-electron chi connectivity index (χ3n) is 4.00. The highest BCUT2D eigenvalue weighted by Crippen LogP contribution is 2.29. The van der Waals surface area contributed by atoms with Crippen molar-refractivity contribution in [1.29, 1.82) is 0 Å². The molecule has 0 N–H and O–H groups in total. The minimum atomic E-state index is -0.309. The molecule has 5 nitrogen and oxygen atoms in total. The van der Waals surface area contributed by atoms with E-state index in [0.29, 0.717) is 0 Å². The SMILES string of the molecule is Cc1cc(N2CCN(C3CC3)CC2)cc([N+](=O)[O-])c1. The van der Waals surface area contributed by atoms with Gasteiger partial charge in [-0.15, -0.1) is 0 Å². The van der Waals surface area contributed by atoms with Crippen LogP contribution in [0.15, 0.2) is 18.2 Å². The molecule has 19 heavy (non-hydrogen) atoms. The Morgan fingerprint density at radius 2 is 1.84 bits per heavy atom. The maximum absolute atomic E-state index is 10.9. The number of benzene rings is 1. The van der Waals surface area contributed by atoms with Gasteiger partial charge in [0.1, 0.15) is 0 Å². The van der Waals surface area contributed by atoms with Crippen molar-refractivity contribution in [2.45, 2.75) is 25.8 Å².